The number of hydrogen-bond acceptors (Lipinski definition) is 4. The van der Waals surface area contributed by atoms with E-state index in [2.05, 4.69) is 62.5 Å². The van der Waals surface area contributed by atoms with Crippen LogP contribution in [0.4, 0.5) is 0 Å². The zero-order valence-corrected chi connectivity index (χ0v) is 18.7. The van der Waals surface area contributed by atoms with E-state index in [-0.39, 0.29) is 0 Å². The third-order valence-electron chi connectivity index (χ3n) is 5.58. The quantitative estimate of drug-likeness (QED) is 0.473. The van der Waals surface area contributed by atoms with E-state index in [1.54, 1.807) is 0 Å². The summed E-state index contributed by atoms with van der Waals surface area (Å²) in [5.74, 6) is 2.86. The maximum Gasteiger partial charge on any atom is 0.191 e. The van der Waals surface area contributed by atoms with Crippen LogP contribution in [-0.2, 0) is 26.1 Å². The summed E-state index contributed by atoms with van der Waals surface area (Å²) in [5, 5.41) is 20.2. The number of nitrogens with one attached hydrogen (secondary N) is 2. The Balaban J connectivity index is 1.49. The first-order valence-corrected chi connectivity index (χ1v) is 11.2. The van der Waals surface area contributed by atoms with Crippen LogP contribution in [0.5, 0.6) is 0 Å². The van der Waals surface area contributed by atoms with Crippen LogP contribution >= 0.6 is 0 Å². The second-order valence-electron chi connectivity index (χ2n) is 8.01. The molecule has 2 aromatic heterocycles. The van der Waals surface area contributed by atoms with Crippen LogP contribution in [0.15, 0.2) is 35.3 Å². The van der Waals surface area contributed by atoms with Gasteiger partial charge >= 0.3 is 0 Å². The third-order valence-corrected chi connectivity index (χ3v) is 5.58. The van der Waals surface area contributed by atoms with Crippen LogP contribution in [-0.4, -0.2) is 37.0 Å². The van der Waals surface area contributed by atoms with E-state index in [1.807, 2.05) is 23.7 Å². The fraction of sp³-hybridized carbons (Fsp3) is 0.478. The lowest BCUT2D eigenvalue weighted by Gasteiger charge is -2.13. The Hall–Kier alpha value is -3.16. The molecule has 0 saturated carbocycles. The van der Waals surface area contributed by atoms with Gasteiger partial charge in [0.15, 0.2) is 11.8 Å². The van der Waals surface area contributed by atoms with Crippen molar-refractivity contribution in [3.63, 3.8) is 0 Å². The van der Waals surface area contributed by atoms with Crippen LogP contribution < -0.4 is 10.6 Å². The van der Waals surface area contributed by atoms with Gasteiger partial charge < -0.3 is 15.2 Å². The van der Waals surface area contributed by atoms with Crippen molar-refractivity contribution in [3.8, 4) is 5.69 Å². The van der Waals surface area contributed by atoms with Crippen molar-refractivity contribution in [3.05, 3.63) is 58.9 Å². The molecule has 0 fully saturated rings. The number of aliphatic imine (C=N–C) groups is 1. The minimum Gasteiger partial charge on any atom is -0.357 e. The van der Waals surface area contributed by atoms with E-state index in [0.717, 1.165) is 59.8 Å². The molecule has 164 valence electrons. The molecule has 0 radical (unpaired) electrons. The first-order chi connectivity index (χ1) is 15.2. The summed E-state index contributed by atoms with van der Waals surface area (Å²) in [4.78, 5) is 4.83. The summed E-state index contributed by atoms with van der Waals surface area (Å²) in [5.41, 5.74) is 4.32. The molecule has 4 rings (SSSR count). The normalized spacial score (nSPS) is 14.2. The Morgan fingerprint density at radius 2 is 1.97 bits per heavy atom. The second-order valence-corrected chi connectivity index (χ2v) is 8.01. The highest BCUT2D eigenvalue weighted by Crippen LogP contribution is 2.18. The van der Waals surface area contributed by atoms with E-state index >= 15 is 0 Å². The average molecular weight is 421 g/mol. The largest absolute Gasteiger partial charge is 0.357 e. The summed E-state index contributed by atoms with van der Waals surface area (Å²) in [6.07, 6.45) is 4.67. The molecule has 1 aromatic carbocycles. The summed E-state index contributed by atoms with van der Waals surface area (Å²) in [6, 6.07) is 10.4. The van der Waals surface area contributed by atoms with Gasteiger partial charge in [0, 0.05) is 25.2 Å². The van der Waals surface area contributed by atoms with E-state index in [4.69, 9.17) is 4.99 Å². The number of benzene rings is 1. The average Bonchev–Trinajstić information content (AvgIpc) is 3.22. The molecule has 0 amide bonds. The van der Waals surface area contributed by atoms with Gasteiger partial charge in [-0.25, -0.2) is 9.67 Å². The van der Waals surface area contributed by atoms with Gasteiger partial charge in [-0.15, -0.1) is 10.2 Å². The van der Waals surface area contributed by atoms with Gasteiger partial charge in [0.2, 0.25) is 0 Å². The molecule has 0 atom stereocenters. The maximum absolute atomic E-state index is 4.83. The van der Waals surface area contributed by atoms with Gasteiger partial charge in [-0.2, -0.15) is 5.10 Å². The highest BCUT2D eigenvalue weighted by molar-refractivity contribution is 5.79. The van der Waals surface area contributed by atoms with Gasteiger partial charge in [-0.3, -0.25) is 0 Å². The van der Waals surface area contributed by atoms with Crippen molar-refractivity contribution in [1.29, 1.82) is 0 Å². The Morgan fingerprint density at radius 3 is 2.77 bits per heavy atom. The van der Waals surface area contributed by atoms with Gasteiger partial charge in [-0.05, 0) is 51.3 Å². The van der Waals surface area contributed by atoms with Crippen molar-refractivity contribution in [2.45, 2.75) is 66.1 Å². The van der Waals surface area contributed by atoms with Crippen molar-refractivity contribution < 1.29 is 0 Å². The predicted molar refractivity (Wildman–Crippen MR) is 122 cm³/mol. The number of guanidine groups is 1. The van der Waals surface area contributed by atoms with Crippen molar-refractivity contribution in [2.75, 3.05) is 6.54 Å². The Kier molecular flexibility index (Phi) is 6.64. The lowest BCUT2D eigenvalue weighted by Crippen LogP contribution is -2.37. The highest BCUT2D eigenvalue weighted by atomic mass is 15.3. The van der Waals surface area contributed by atoms with Crippen molar-refractivity contribution in [2.24, 2.45) is 4.99 Å². The molecule has 1 aliphatic rings. The highest BCUT2D eigenvalue weighted by Gasteiger charge is 2.15. The second kappa shape index (κ2) is 9.76. The minimum absolute atomic E-state index is 0.557. The molecule has 3 heterocycles. The summed E-state index contributed by atoms with van der Waals surface area (Å²) in [7, 11) is 0. The van der Waals surface area contributed by atoms with Crippen LogP contribution in [0, 0.1) is 13.8 Å². The van der Waals surface area contributed by atoms with Crippen LogP contribution in [0.2, 0.25) is 0 Å². The Bertz CT molecular complexity index is 1050. The molecule has 3 aromatic rings. The Labute approximate surface area is 183 Å². The number of nitrogens with zero attached hydrogens (tertiary/aromatic N) is 6. The standard InChI is InChI=1S/C23H32N8/c1-4-24-23(26-16-22-28-27-21-12-6-5-9-13-30(21)22)25-15-19-10-7-8-11-20(19)31-18(3)14-17(2)29-31/h7-8,10-11,14H,4-6,9,12-13,15-16H2,1-3H3,(H2,24,25,26). The molecule has 8 nitrogen and oxygen atoms in total. The molecular weight excluding hydrogens is 388 g/mol. The molecule has 8 heteroatoms. The fourth-order valence-corrected chi connectivity index (χ4v) is 4.07. The van der Waals surface area contributed by atoms with Gasteiger partial charge in [0.25, 0.3) is 0 Å². The predicted octanol–water partition coefficient (Wildman–Crippen LogP) is 3.06. The summed E-state index contributed by atoms with van der Waals surface area (Å²) >= 11 is 0. The molecule has 0 spiro atoms. The first kappa shape index (κ1) is 21.1. The molecule has 2 N–H and O–H groups in total. The van der Waals surface area contributed by atoms with Crippen LogP contribution in [0.3, 0.4) is 0 Å². The van der Waals surface area contributed by atoms with Crippen molar-refractivity contribution in [1.82, 2.24) is 35.2 Å². The number of rotatable bonds is 6. The molecule has 31 heavy (non-hydrogen) atoms. The maximum atomic E-state index is 4.83. The number of aromatic nitrogens is 5. The Morgan fingerprint density at radius 1 is 1.10 bits per heavy atom. The molecule has 1 aliphatic heterocycles. The zero-order chi connectivity index (χ0) is 21.6. The van der Waals surface area contributed by atoms with Gasteiger partial charge in [0.1, 0.15) is 5.82 Å². The van der Waals surface area contributed by atoms with Gasteiger partial charge in [0.05, 0.1) is 24.5 Å². The first-order valence-electron chi connectivity index (χ1n) is 11.2. The van der Waals surface area contributed by atoms with Crippen LogP contribution in [0.1, 0.15) is 54.8 Å². The van der Waals surface area contributed by atoms with E-state index in [1.165, 1.54) is 19.3 Å². The molecular formula is C23H32N8. The van der Waals surface area contributed by atoms with Crippen molar-refractivity contribution >= 4 is 5.96 Å². The van der Waals surface area contributed by atoms with E-state index in [0.29, 0.717) is 13.1 Å². The van der Waals surface area contributed by atoms with Crippen LogP contribution in [0.25, 0.3) is 5.69 Å². The minimum atomic E-state index is 0.557. The summed E-state index contributed by atoms with van der Waals surface area (Å²) < 4.78 is 4.26. The lowest BCUT2D eigenvalue weighted by atomic mass is 10.2. The zero-order valence-electron chi connectivity index (χ0n) is 18.7. The number of fused-ring (bicyclic) bond motifs is 1. The third kappa shape index (κ3) is 4.95. The van der Waals surface area contributed by atoms with E-state index < -0.39 is 0 Å². The lowest BCUT2D eigenvalue weighted by molar-refractivity contribution is 0.596. The van der Waals surface area contributed by atoms with Gasteiger partial charge in [-0.1, -0.05) is 24.6 Å². The molecule has 0 bridgehead atoms. The summed E-state index contributed by atoms with van der Waals surface area (Å²) in [6.45, 7) is 9.13. The number of hydrogen-bond donors (Lipinski definition) is 2. The number of para-hydroxylation sites is 1. The van der Waals surface area contributed by atoms with E-state index in [9.17, 15) is 0 Å². The number of aryl methyl sites for hydroxylation is 3. The molecule has 0 unspecified atom stereocenters. The fourth-order valence-electron chi connectivity index (χ4n) is 4.07. The topological polar surface area (TPSA) is 84.9 Å². The molecule has 0 aliphatic carbocycles. The smallest absolute Gasteiger partial charge is 0.191 e. The SMILES string of the molecule is CCNC(=NCc1ccccc1-n1nc(C)cc1C)NCc1nnc2n1CCCCC2. The molecule has 0 saturated heterocycles. The monoisotopic (exact) mass is 420 g/mol.